The minimum Gasteiger partial charge on any atom is -0.389 e. The van der Waals surface area contributed by atoms with E-state index in [-0.39, 0.29) is 43.8 Å². The lowest BCUT2D eigenvalue weighted by atomic mass is 9.94. The highest BCUT2D eigenvalue weighted by atomic mass is 19.1. The first-order valence-electron chi connectivity index (χ1n) is 13.4. The van der Waals surface area contributed by atoms with Gasteiger partial charge in [0, 0.05) is 13.1 Å². The van der Waals surface area contributed by atoms with Gasteiger partial charge in [0.15, 0.2) is 0 Å². The Morgan fingerprint density at radius 3 is 2.41 bits per heavy atom. The maximum atomic E-state index is 14.4. The van der Waals surface area contributed by atoms with Crippen LogP contribution in [0.25, 0.3) is 11.1 Å². The summed E-state index contributed by atoms with van der Waals surface area (Å²) < 4.78 is 26.3. The first kappa shape index (κ1) is 27.0. The topological polar surface area (TPSA) is 88.1 Å². The molecular weight excluding hydrogens is 499 g/mol. The monoisotopic (exact) mass is 532 g/mol. The predicted molar refractivity (Wildman–Crippen MR) is 144 cm³/mol. The molecule has 0 saturated carbocycles. The van der Waals surface area contributed by atoms with Crippen molar-refractivity contribution in [1.82, 2.24) is 10.2 Å². The summed E-state index contributed by atoms with van der Waals surface area (Å²) in [5.41, 5.74) is 3.22. The molecule has 39 heavy (non-hydrogen) atoms. The van der Waals surface area contributed by atoms with E-state index in [4.69, 9.17) is 9.47 Å². The molecular formula is C31H33FN2O5. The third kappa shape index (κ3) is 6.71. The van der Waals surface area contributed by atoms with Crippen LogP contribution < -0.4 is 5.32 Å². The highest BCUT2D eigenvalue weighted by Crippen LogP contribution is 2.29. The van der Waals surface area contributed by atoms with Crippen LogP contribution in [0.3, 0.4) is 0 Å². The van der Waals surface area contributed by atoms with Gasteiger partial charge in [-0.05, 0) is 41.7 Å². The zero-order chi connectivity index (χ0) is 27.2. The molecule has 0 aromatic heterocycles. The Morgan fingerprint density at radius 1 is 0.923 bits per heavy atom. The highest BCUT2D eigenvalue weighted by molar-refractivity contribution is 5.94. The number of nitrogens with one attached hydrogen (secondary N) is 1. The smallest absolute Gasteiger partial charge is 0.257 e. The summed E-state index contributed by atoms with van der Waals surface area (Å²) in [6.45, 7) is 0.654. The third-order valence-electron chi connectivity index (χ3n) is 7.31. The fourth-order valence-corrected chi connectivity index (χ4v) is 5.29. The van der Waals surface area contributed by atoms with Crippen LogP contribution >= 0.6 is 0 Å². The number of carbonyl (C=O) groups is 2. The van der Waals surface area contributed by atoms with E-state index in [2.05, 4.69) is 17.4 Å². The number of nitrogens with zero attached hydrogens (tertiary/aromatic N) is 1. The average molecular weight is 533 g/mol. The van der Waals surface area contributed by atoms with E-state index >= 15 is 0 Å². The van der Waals surface area contributed by atoms with Crippen LogP contribution in [0.2, 0.25) is 0 Å². The van der Waals surface area contributed by atoms with Crippen LogP contribution in [0.15, 0.2) is 78.9 Å². The van der Waals surface area contributed by atoms with Crippen LogP contribution in [-0.2, 0) is 20.8 Å². The molecule has 0 bridgehead atoms. The molecule has 3 aromatic rings. The number of carbonyl (C=O) groups excluding carboxylic acids is 2. The average Bonchev–Trinajstić information content (AvgIpc) is 2.95. The van der Waals surface area contributed by atoms with Gasteiger partial charge in [-0.3, -0.25) is 9.59 Å². The second-order valence-corrected chi connectivity index (χ2v) is 10.1. The Morgan fingerprint density at radius 2 is 1.64 bits per heavy atom. The minimum absolute atomic E-state index is 0.0198. The summed E-state index contributed by atoms with van der Waals surface area (Å²) in [6.07, 6.45) is -0.394. The molecule has 2 aliphatic rings. The molecule has 2 saturated heterocycles. The molecule has 0 aliphatic carbocycles. The van der Waals surface area contributed by atoms with Crippen molar-refractivity contribution in [1.29, 1.82) is 0 Å². The Balaban J connectivity index is 1.17. The Labute approximate surface area is 227 Å². The van der Waals surface area contributed by atoms with Crippen LogP contribution in [0, 0.1) is 5.82 Å². The van der Waals surface area contributed by atoms with Gasteiger partial charge in [-0.25, -0.2) is 4.39 Å². The lowest BCUT2D eigenvalue weighted by Crippen LogP contribution is -2.57. The van der Waals surface area contributed by atoms with Gasteiger partial charge in [0.05, 0.1) is 43.4 Å². The van der Waals surface area contributed by atoms with E-state index in [9.17, 15) is 19.1 Å². The fourth-order valence-electron chi connectivity index (χ4n) is 5.29. The number of hydrogen-bond acceptors (Lipinski definition) is 5. The maximum absolute atomic E-state index is 14.4. The van der Waals surface area contributed by atoms with Crippen molar-refractivity contribution in [3.05, 3.63) is 95.8 Å². The van der Waals surface area contributed by atoms with Crippen LogP contribution in [-0.4, -0.2) is 65.9 Å². The fraction of sp³-hybridized carbons (Fsp3) is 0.355. The summed E-state index contributed by atoms with van der Waals surface area (Å²) in [4.78, 5) is 27.5. The van der Waals surface area contributed by atoms with Crippen molar-refractivity contribution in [2.24, 2.45) is 0 Å². The number of fused-ring (bicyclic) bond motifs is 1. The van der Waals surface area contributed by atoms with Crippen molar-refractivity contribution < 1.29 is 28.6 Å². The molecule has 5 rings (SSSR count). The van der Waals surface area contributed by atoms with Gasteiger partial charge in [-0.15, -0.1) is 0 Å². The van der Waals surface area contributed by atoms with Crippen molar-refractivity contribution in [2.45, 2.75) is 50.2 Å². The van der Waals surface area contributed by atoms with E-state index in [1.807, 2.05) is 42.5 Å². The Bertz CT molecular complexity index is 1270. The second-order valence-electron chi connectivity index (χ2n) is 10.1. The van der Waals surface area contributed by atoms with Gasteiger partial charge in [0.2, 0.25) is 5.91 Å². The number of benzene rings is 3. The van der Waals surface area contributed by atoms with Crippen molar-refractivity contribution in [3.8, 4) is 11.1 Å². The first-order chi connectivity index (χ1) is 19.0. The molecule has 2 fully saturated rings. The van der Waals surface area contributed by atoms with Crippen LogP contribution in [0.5, 0.6) is 0 Å². The number of amides is 2. The predicted octanol–water partition coefficient (Wildman–Crippen LogP) is 3.95. The van der Waals surface area contributed by atoms with Crippen LogP contribution in [0.4, 0.5) is 4.39 Å². The van der Waals surface area contributed by atoms with Gasteiger partial charge in [0.25, 0.3) is 5.91 Å². The van der Waals surface area contributed by atoms with Gasteiger partial charge < -0.3 is 24.8 Å². The summed E-state index contributed by atoms with van der Waals surface area (Å²) >= 11 is 0. The van der Waals surface area contributed by atoms with E-state index in [0.29, 0.717) is 19.4 Å². The van der Waals surface area contributed by atoms with Gasteiger partial charge in [-0.2, -0.15) is 0 Å². The molecule has 7 nitrogen and oxygen atoms in total. The minimum atomic E-state index is -0.882. The SMILES string of the molecule is O=C(C[C@@H]1CC[C@H]2[C@@H](COC[C@H](O)CN2C(=O)c2ccccc2F)O1)NCc1ccc(-c2ccccc2)cc1. The van der Waals surface area contributed by atoms with Crippen molar-refractivity contribution in [2.75, 3.05) is 19.8 Å². The number of rotatable bonds is 6. The van der Waals surface area contributed by atoms with Gasteiger partial charge in [0.1, 0.15) is 11.9 Å². The number of halogens is 1. The molecule has 2 N–H and O–H groups in total. The van der Waals surface area contributed by atoms with Crippen LogP contribution in [0.1, 0.15) is 35.2 Å². The second kappa shape index (κ2) is 12.5. The zero-order valence-corrected chi connectivity index (χ0v) is 21.7. The number of aliphatic hydroxyl groups is 1. The van der Waals surface area contributed by atoms with E-state index in [1.165, 1.54) is 23.1 Å². The van der Waals surface area contributed by atoms with E-state index in [0.717, 1.165) is 16.7 Å². The quantitative estimate of drug-likeness (QED) is 0.502. The maximum Gasteiger partial charge on any atom is 0.257 e. The van der Waals surface area contributed by atoms with E-state index < -0.39 is 30.0 Å². The third-order valence-corrected chi connectivity index (χ3v) is 7.31. The largest absolute Gasteiger partial charge is 0.389 e. The molecule has 3 aromatic carbocycles. The molecule has 2 amide bonds. The highest BCUT2D eigenvalue weighted by Gasteiger charge is 2.40. The molecule has 0 unspecified atom stereocenters. The molecule has 2 heterocycles. The Hall–Kier alpha value is -3.59. The van der Waals surface area contributed by atoms with Crippen molar-refractivity contribution in [3.63, 3.8) is 0 Å². The number of β-amino-alcohol motifs (C(OH)–C–C–N with tert-alkyl or cyclic N) is 1. The first-order valence-corrected chi connectivity index (χ1v) is 13.4. The summed E-state index contributed by atoms with van der Waals surface area (Å²) in [5.74, 6) is -1.21. The molecule has 0 spiro atoms. The molecule has 204 valence electrons. The Kier molecular flexibility index (Phi) is 8.66. The van der Waals surface area contributed by atoms with Gasteiger partial charge >= 0.3 is 0 Å². The molecule has 8 heteroatoms. The number of aliphatic hydroxyl groups excluding tert-OH is 1. The lowest BCUT2D eigenvalue weighted by molar-refractivity contribution is -0.151. The van der Waals surface area contributed by atoms with Crippen molar-refractivity contribution >= 4 is 11.8 Å². The molecule has 0 radical (unpaired) electrons. The summed E-state index contributed by atoms with van der Waals surface area (Å²) in [7, 11) is 0. The molecule has 4 atom stereocenters. The summed E-state index contributed by atoms with van der Waals surface area (Å²) in [5, 5.41) is 13.3. The normalized spacial score (nSPS) is 23.3. The number of hydrogen-bond donors (Lipinski definition) is 2. The molecule has 2 aliphatic heterocycles. The van der Waals surface area contributed by atoms with Gasteiger partial charge in [-0.1, -0.05) is 66.7 Å². The number of ether oxygens (including phenoxy) is 2. The lowest BCUT2D eigenvalue weighted by Gasteiger charge is -2.44. The van der Waals surface area contributed by atoms with E-state index in [1.54, 1.807) is 6.07 Å². The zero-order valence-electron chi connectivity index (χ0n) is 21.7. The standard InChI is InChI=1S/C31H33FN2O5/c32-27-9-5-4-8-26(27)31(37)34-18-24(35)19-38-20-29-28(34)15-14-25(39-29)16-30(36)33-17-21-10-12-23(13-11-21)22-6-2-1-3-7-22/h1-13,24-25,28-29,35H,14-20H2,(H,33,36)/t24-,25+,28+,29-/m1/s1. The summed E-state index contributed by atoms with van der Waals surface area (Å²) in [6, 6.07) is 23.7.